The summed E-state index contributed by atoms with van der Waals surface area (Å²) < 4.78 is 4.13. The molecule has 2 aromatic rings. The van der Waals surface area contributed by atoms with Crippen molar-refractivity contribution >= 4 is 11.2 Å². The standard InChI is InChI=1S/C16H26N4O4/c1-11(21)9-19-10-17-13-12(19)14(22)20(15(23)18(13)4)8-6-5-7-16(2,3)24/h10-11,21,24H,5-9H2,1-4H3. The van der Waals surface area contributed by atoms with Gasteiger partial charge in [0.25, 0.3) is 5.56 Å². The van der Waals surface area contributed by atoms with E-state index in [0.29, 0.717) is 30.4 Å². The number of aryl methyl sites for hydroxylation is 1. The Hall–Kier alpha value is -1.93. The Bertz CT molecular complexity index is 823. The van der Waals surface area contributed by atoms with Gasteiger partial charge in [0.05, 0.1) is 24.6 Å². The number of unbranched alkanes of at least 4 members (excludes halogenated alkanes) is 1. The van der Waals surface area contributed by atoms with Gasteiger partial charge in [-0.05, 0) is 40.0 Å². The highest BCUT2D eigenvalue weighted by atomic mass is 16.3. The molecule has 2 rings (SSSR count). The number of aliphatic hydroxyl groups excluding tert-OH is 1. The first-order chi connectivity index (χ1) is 11.1. The van der Waals surface area contributed by atoms with Crippen LogP contribution in [-0.4, -0.2) is 40.6 Å². The summed E-state index contributed by atoms with van der Waals surface area (Å²) in [7, 11) is 1.58. The number of imidazole rings is 1. The fourth-order valence-corrected chi connectivity index (χ4v) is 2.77. The third kappa shape index (κ3) is 3.93. The first-order valence-electron chi connectivity index (χ1n) is 8.17. The van der Waals surface area contributed by atoms with Crippen LogP contribution >= 0.6 is 0 Å². The van der Waals surface area contributed by atoms with E-state index >= 15 is 0 Å². The van der Waals surface area contributed by atoms with Gasteiger partial charge in [0.1, 0.15) is 0 Å². The van der Waals surface area contributed by atoms with Crippen molar-refractivity contribution in [3.8, 4) is 0 Å². The van der Waals surface area contributed by atoms with Gasteiger partial charge in [-0.3, -0.25) is 13.9 Å². The van der Waals surface area contributed by atoms with E-state index < -0.39 is 23.0 Å². The van der Waals surface area contributed by atoms with Crippen LogP contribution < -0.4 is 11.2 Å². The maximum Gasteiger partial charge on any atom is 0.332 e. The number of hydrogen-bond donors (Lipinski definition) is 2. The molecule has 0 spiro atoms. The second-order valence-corrected chi connectivity index (χ2v) is 6.99. The summed E-state index contributed by atoms with van der Waals surface area (Å²) in [6, 6.07) is 0. The lowest BCUT2D eigenvalue weighted by Crippen LogP contribution is -2.40. The van der Waals surface area contributed by atoms with Crippen molar-refractivity contribution in [3.05, 3.63) is 27.2 Å². The first-order valence-corrected chi connectivity index (χ1v) is 8.17. The van der Waals surface area contributed by atoms with E-state index in [1.54, 1.807) is 32.4 Å². The molecule has 8 heteroatoms. The monoisotopic (exact) mass is 338 g/mol. The minimum Gasteiger partial charge on any atom is -0.392 e. The zero-order valence-electron chi connectivity index (χ0n) is 14.7. The van der Waals surface area contributed by atoms with E-state index in [4.69, 9.17) is 0 Å². The molecule has 2 heterocycles. The Morgan fingerprint density at radius 1 is 1.29 bits per heavy atom. The highest BCUT2D eigenvalue weighted by Gasteiger charge is 2.17. The van der Waals surface area contributed by atoms with Crippen molar-refractivity contribution in [2.45, 2.75) is 64.8 Å². The van der Waals surface area contributed by atoms with Crippen LogP contribution in [-0.2, 0) is 20.1 Å². The molecule has 8 nitrogen and oxygen atoms in total. The van der Waals surface area contributed by atoms with Crippen molar-refractivity contribution in [1.29, 1.82) is 0 Å². The van der Waals surface area contributed by atoms with Gasteiger partial charge in [-0.2, -0.15) is 0 Å². The van der Waals surface area contributed by atoms with Gasteiger partial charge >= 0.3 is 5.69 Å². The second kappa shape index (κ2) is 6.90. The minimum absolute atomic E-state index is 0.239. The zero-order chi connectivity index (χ0) is 18.1. The summed E-state index contributed by atoms with van der Waals surface area (Å²) in [6.45, 7) is 5.63. The lowest BCUT2D eigenvalue weighted by Gasteiger charge is -2.16. The highest BCUT2D eigenvalue weighted by Crippen LogP contribution is 2.12. The third-order valence-electron chi connectivity index (χ3n) is 3.98. The summed E-state index contributed by atoms with van der Waals surface area (Å²) in [5.41, 5.74) is -0.915. The van der Waals surface area contributed by atoms with Crippen molar-refractivity contribution < 1.29 is 10.2 Å². The van der Waals surface area contributed by atoms with Crippen LogP contribution in [0.2, 0.25) is 0 Å². The van der Waals surface area contributed by atoms with Gasteiger partial charge in [-0.25, -0.2) is 9.78 Å². The largest absolute Gasteiger partial charge is 0.392 e. The number of rotatable bonds is 7. The number of hydrogen-bond acceptors (Lipinski definition) is 5. The van der Waals surface area contributed by atoms with E-state index in [-0.39, 0.29) is 13.1 Å². The average molecular weight is 338 g/mol. The van der Waals surface area contributed by atoms with Gasteiger partial charge in [-0.1, -0.05) is 0 Å². The number of nitrogens with zero attached hydrogens (tertiary/aromatic N) is 4. The third-order valence-corrected chi connectivity index (χ3v) is 3.98. The average Bonchev–Trinajstić information content (AvgIpc) is 2.86. The van der Waals surface area contributed by atoms with Gasteiger partial charge < -0.3 is 14.8 Å². The molecule has 0 aliphatic carbocycles. The number of fused-ring (bicyclic) bond motifs is 1. The zero-order valence-corrected chi connectivity index (χ0v) is 14.7. The Balaban J connectivity index is 2.36. The molecule has 1 unspecified atom stereocenters. The van der Waals surface area contributed by atoms with Crippen LogP contribution in [0.3, 0.4) is 0 Å². The second-order valence-electron chi connectivity index (χ2n) is 6.99. The number of aromatic nitrogens is 4. The predicted octanol–water partition coefficient (Wildman–Crippen LogP) is 0.219. The van der Waals surface area contributed by atoms with E-state index in [9.17, 15) is 19.8 Å². The van der Waals surface area contributed by atoms with E-state index in [2.05, 4.69) is 4.98 Å². The molecule has 1 atom stereocenters. The molecule has 2 N–H and O–H groups in total. The SMILES string of the molecule is CC(O)Cn1cnc2c1c(=O)n(CCCCC(C)(C)O)c(=O)n2C. The predicted molar refractivity (Wildman–Crippen MR) is 91.1 cm³/mol. The van der Waals surface area contributed by atoms with Crippen LogP contribution in [0.25, 0.3) is 11.2 Å². The van der Waals surface area contributed by atoms with Gasteiger partial charge in [0, 0.05) is 13.6 Å². The lowest BCUT2D eigenvalue weighted by atomic mass is 10.0. The lowest BCUT2D eigenvalue weighted by molar-refractivity contribution is 0.0678. The van der Waals surface area contributed by atoms with E-state index in [1.807, 2.05) is 0 Å². The molecule has 0 radical (unpaired) electrons. The van der Waals surface area contributed by atoms with Crippen LogP contribution in [0.4, 0.5) is 0 Å². The quantitative estimate of drug-likeness (QED) is 0.703. The van der Waals surface area contributed by atoms with Crippen molar-refractivity contribution in [3.63, 3.8) is 0 Å². The molecule has 24 heavy (non-hydrogen) atoms. The van der Waals surface area contributed by atoms with Crippen LogP contribution in [0, 0.1) is 0 Å². The molecule has 0 bridgehead atoms. The fraction of sp³-hybridized carbons (Fsp3) is 0.688. The Morgan fingerprint density at radius 3 is 2.54 bits per heavy atom. The highest BCUT2D eigenvalue weighted by molar-refractivity contribution is 5.69. The van der Waals surface area contributed by atoms with Crippen molar-refractivity contribution in [2.24, 2.45) is 7.05 Å². The normalized spacial score (nSPS) is 13.6. The van der Waals surface area contributed by atoms with Crippen molar-refractivity contribution in [1.82, 2.24) is 18.7 Å². The summed E-state index contributed by atoms with van der Waals surface area (Å²) in [5, 5.41) is 19.3. The molecule has 0 fully saturated rings. The molecular weight excluding hydrogens is 312 g/mol. The Morgan fingerprint density at radius 2 is 1.96 bits per heavy atom. The van der Waals surface area contributed by atoms with Crippen molar-refractivity contribution in [2.75, 3.05) is 0 Å². The summed E-state index contributed by atoms with van der Waals surface area (Å²) >= 11 is 0. The summed E-state index contributed by atoms with van der Waals surface area (Å²) in [5.74, 6) is 0. The maximum atomic E-state index is 12.7. The molecule has 0 aliphatic heterocycles. The molecule has 0 saturated heterocycles. The van der Waals surface area contributed by atoms with Gasteiger partial charge in [0.15, 0.2) is 11.2 Å². The first kappa shape index (κ1) is 18.4. The van der Waals surface area contributed by atoms with E-state index in [1.165, 1.54) is 15.5 Å². The molecular formula is C16H26N4O4. The summed E-state index contributed by atoms with van der Waals surface area (Å²) in [4.78, 5) is 29.2. The van der Waals surface area contributed by atoms with Crippen LogP contribution in [0.5, 0.6) is 0 Å². The van der Waals surface area contributed by atoms with Gasteiger partial charge in [0.2, 0.25) is 0 Å². The van der Waals surface area contributed by atoms with Gasteiger partial charge in [-0.15, -0.1) is 0 Å². The van der Waals surface area contributed by atoms with E-state index in [0.717, 1.165) is 0 Å². The van der Waals surface area contributed by atoms with Crippen LogP contribution in [0.15, 0.2) is 15.9 Å². The molecule has 0 amide bonds. The molecule has 2 aromatic heterocycles. The molecule has 0 aliphatic rings. The maximum absolute atomic E-state index is 12.7. The molecule has 0 saturated carbocycles. The van der Waals surface area contributed by atoms with Crippen LogP contribution in [0.1, 0.15) is 40.0 Å². The molecule has 134 valence electrons. The number of aliphatic hydroxyl groups is 2. The Kier molecular flexibility index (Phi) is 5.29. The topological polar surface area (TPSA) is 102 Å². The minimum atomic E-state index is -0.754. The molecule has 0 aromatic carbocycles. The Labute approximate surface area is 140 Å². The fourth-order valence-electron chi connectivity index (χ4n) is 2.77. The smallest absolute Gasteiger partial charge is 0.332 e. The summed E-state index contributed by atoms with van der Waals surface area (Å²) in [6.07, 6.45) is 2.78.